The summed E-state index contributed by atoms with van der Waals surface area (Å²) in [6, 6.07) is 5.91. The molecule has 3 rings (SSSR count). The maximum atomic E-state index is 13.1. The van der Waals surface area contributed by atoms with Gasteiger partial charge in [-0.05, 0) is 55.0 Å². The van der Waals surface area contributed by atoms with Gasteiger partial charge in [0, 0.05) is 6.54 Å². The van der Waals surface area contributed by atoms with E-state index in [1.807, 2.05) is 6.92 Å². The van der Waals surface area contributed by atoms with Gasteiger partial charge in [0.1, 0.15) is 5.82 Å². The number of halogens is 3. The van der Waals surface area contributed by atoms with Gasteiger partial charge < -0.3 is 16.0 Å². The predicted octanol–water partition coefficient (Wildman–Crippen LogP) is 3.93. The molecule has 3 N–H and O–H groups in total. The monoisotopic (exact) mass is 420 g/mol. The maximum absolute atomic E-state index is 13.1. The zero-order valence-corrected chi connectivity index (χ0v) is 16.7. The quantitative estimate of drug-likeness (QED) is 0.721. The number of rotatable bonds is 2. The number of nitrogens with zero attached hydrogens (tertiary/aromatic N) is 2. The summed E-state index contributed by atoms with van der Waals surface area (Å²) in [7, 11) is 0. The van der Waals surface area contributed by atoms with E-state index in [1.54, 1.807) is 19.1 Å². The number of benzene rings is 1. The van der Waals surface area contributed by atoms with E-state index in [0.29, 0.717) is 29.1 Å². The zero-order chi connectivity index (χ0) is 22.1. The van der Waals surface area contributed by atoms with Crippen molar-refractivity contribution in [3.05, 3.63) is 53.2 Å². The number of hydrogen-bond donors (Lipinski definition) is 2. The molecule has 9 heteroatoms. The number of alkyl halides is 3. The van der Waals surface area contributed by atoms with Crippen molar-refractivity contribution in [3.8, 4) is 0 Å². The molecule has 0 radical (unpaired) electrons. The third-order valence-electron chi connectivity index (χ3n) is 5.25. The third kappa shape index (κ3) is 4.72. The van der Waals surface area contributed by atoms with E-state index in [9.17, 15) is 22.8 Å². The van der Waals surface area contributed by atoms with E-state index in [-0.39, 0.29) is 12.5 Å². The second kappa shape index (κ2) is 8.33. The summed E-state index contributed by atoms with van der Waals surface area (Å²) in [5.41, 5.74) is 6.21. The predicted molar refractivity (Wildman–Crippen MR) is 106 cm³/mol. The van der Waals surface area contributed by atoms with Crippen LogP contribution in [0.25, 0.3) is 0 Å². The summed E-state index contributed by atoms with van der Waals surface area (Å²) >= 11 is 0. The SMILES string of the molecule is Cc1cc(NC(=O)C(=O)N2C[C@@H](C)CC[C@@H]2c2cccc(C(F)(F)F)c2)cnc1N. The van der Waals surface area contributed by atoms with Crippen LogP contribution in [0.5, 0.6) is 0 Å². The van der Waals surface area contributed by atoms with Crippen LogP contribution in [0, 0.1) is 12.8 Å². The largest absolute Gasteiger partial charge is 0.416 e. The summed E-state index contributed by atoms with van der Waals surface area (Å²) in [6.07, 6.45) is -1.92. The molecule has 0 saturated carbocycles. The fourth-order valence-electron chi connectivity index (χ4n) is 3.61. The molecule has 1 aliphatic heterocycles. The number of pyridine rings is 1. The minimum absolute atomic E-state index is 0.129. The minimum Gasteiger partial charge on any atom is -0.383 e. The zero-order valence-electron chi connectivity index (χ0n) is 16.7. The lowest BCUT2D eigenvalue weighted by molar-refractivity contribution is -0.146. The molecular weight excluding hydrogens is 397 g/mol. The van der Waals surface area contributed by atoms with Crippen LogP contribution in [0.3, 0.4) is 0 Å². The maximum Gasteiger partial charge on any atom is 0.416 e. The summed E-state index contributed by atoms with van der Waals surface area (Å²) in [6.45, 7) is 3.94. The molecule has 160 valence electrons. The molecule has 1 aliphatic rings. The Bertz CT molecular complexity index is 962. The summed E-state index contributed by atoms with van der Waals surface area (Å²) in [5, 5.41) is 2.50. The number of piperidine rings is 1. The number of hydrogen-bond acceptors (Lipinski definition) is 4. The van der Waals surface area contributed by atoms with E-state index in [0.717, 1.165) is 18.6 Å². The van der Waals surface area contributed by atoms with Crippen LogP contribution in [-0.4, -0.2) is 28.2 Å². The number of carbonyl (C=O) groups excluding carboxylic acids is 2. The normalized spacial score (nSPS) is 19.4. The molecule has 2 heterocycles. The van der Waals surface area contributed by atoms with E-state index in [4.69, 9.17) is 5.73 Å². The summed E-state index contributed by atoms with van der Waals surface area (Å²) < 4.78 is 39.4. The van der Waals surface area contributed by atoms with Gasteiger partial charge in [-0.1, -0.05) is 19.1 Å². The van der Waals surface area contributed by atoms with Crippen LogP contribution < -0.4 is 11.1 Å². The van der Waals surface area contributed by atoms with Crippen molar-refractivity contribution in [3.63, 3.8) is 0 Å². The minimum atomic E-state index is -4.48. The average molecular weight is 420 g/mol. The fraction of sp³-hybridized carbons (Fsp3) is 0.381. The van der Waals surface area contributed by atoms with Crippen LogP contribution >= 0.6 is 0 Å². The van der Waals surface area contributed by atoms with Gasteiger partial charge >= 0.3 is 18.0 Å². The Balaban J connectivity index is 1.84. The number of amides is 2. The van der Waals surface area contributed by atoms with E-state index >= 15 is 0 Å². The Morgan fingerprint density at radius 1 is 1.23 bits per heavy atom. The Labute approximate surface area is 172 Å². The van der Waals surface area contributed by atoms with Gasteiger partial charge in [-0.2, -0.15) is 13.2 Å². The average Bonchev–Trinajstić information content (AvgIpc) is 2.69. The van der Waals surface area contributed by atoms with Crippen molar-refractivity contribution >= 4 is 23.3 Å². The molecule has 0 bridgehead atoms. The molecule has 0 aliphatic carbocycles. The van der Waals surface area contributed by atoms with Crippen molar-refractivity contribution in [2.45, 2.75) is 38.9 Å². The first-order chi connectivity index (χ1) is 14.1. The Morgan fingerprint density at radius 3 is 2.63 bits per heavy atom. The highest BCUT2D eigenvalue weighted by molar-refractivity contribution is 6.39. The Hall–Kier alpha value is -3.10. The lowest BCUT2D eigenvalue weighted by Crippen LogP contribution is -2.46. The molecule has 1 aromatic carbocycles. The number of likely N-dealkylation sites (tertiary alicyclic amines) is 1. The lowest BCUT2D eigenvalue weighted by atomic mass is 9.89. The molecule has 30 heavy (non-hydrogen) atoms. The van der Waals surface area contributed by atoms with Gasteiger partial charge in [0.05, 0.1) is 23.5 Å². The highest BCUT2D eigenvalue weighted by Crippen LogP contribution is 2.36. The number of carbonyl (C=O) groups is 2. The fourth-order valence-corrected chi connectivity index (χ4v) is 3.61. The molecule has 0 spiro atoms. The van der Waals surface area contributed by atoms with Crippen LogP contribution in [0.2, 0.25) is 0 Å². The molecule has 2 aromatic rings. The lowest BCUT2D eigenvalue weighted by Gasteiger charge is -2.38. The number of nitrogens with two attached hydrogens (primary N) is 1. The number of nitrogens with one attached hydrogen (secondary N) is 1. The molecule has 0 unspecified atom stereocenters. The molecule has 6 nitrogen and oxygen atoms in total. The van der Waals surface area contributed by atoms with Crippen molar-refractivity contribution < 1.29 is 22.8 Å². The molecule has 1 aromatic heterocycles. The summed E-state index contributed by atoms with van der Waals surface area (Å²) in [5.74, 6) is -1.22. The molecule has 2 amide bonds. The Morgan fingerprint density at radius 2 is 1.97 bits per heavy atom. The second-order valence-electron chi connectivity index (χ2n) is 7.66. The first-order valence-electron chi connectivity index (χ1n) is 9.57. The van der Waals surface area contributed by atoms with Crippen molar-refractivity contribution in [1.29, 1.82) is 0 Å². The van der Waals surface area contributed by atoms with Gasteiger partial charge in [-0.25, -0.2) is 4.98 Å². The van der Waals surface area contributed by atoms with Crippen LogP contribution in [0.4, 0.5) is 24.7 Å². The van der Waals surface area contributed by atoms with Crippen LogP contribution in [-0.2, 0) is 15.8 Å². The van der Waals surface area contributed by atoms with E-state index < -0.39 is 29.6 Å². The van der Waals surface area contributed by atoms with Gasteiger partial charge in [-0.15, -0.1) is 0 Å². The first-order valence-corrected chi connectivity index (χ1v) is 9.57. The number of aromatic nitrogens is 1. The molecular formula is C21H23F3N4O2. The van der Waals surface area contributed by atoms with E-state index in [1.165, 1.54) is 17.2 Å². The molecule has 1 fully saturated rings. The number of aryl methyl sites for hydroxylation is 1. The van der Waals surface area contributed by atoms with Crippen molar-refractivity contribution in [2.75, 3.05) is 17.6 Å². The topological polar surface area (TPSA) is 88.3 Å². The molecule has 2 atom stereocenters. The number of nitrogen functional groups attached to an aromatic ring is 1. The van der Waals surface area contributed by atoms with Gasteiger partial charge in [0.15, 0.2) is 0 Å². The highest BCUT2D eigenvalue weighted by atomic mass is 19.4. The van der Waals surface area contributed by atoms with E-state index in [2.05, 4.69) is 10.3 Å². The molecule has 1 saturated heterocycles. The van der Waals surface area contributed by atoms with Crippen molar-refractivity contribution in [2.24, 2.45) is 5.92 Å². The standard InChI is InChI=1S/C21H23F3N4O2/c1-12-6-7-17(14-4-3-5-15(9-14)21(22,23)24)28(11-12)20(30)19(29)27-16-8-13(2)18(25)26-10-16/h3-5,8-10,12,17H,6-7,11H2,1-2H3,(H2,25,26)(H,27,29)/t12-,17+/m0/s1. The second-order valence-corrected chi connectivity index (χ2v) is 7.66. The highest BCUT2D eigenvalue weighted by Gasteiger charge is 2.36. The number of anilines is 2. The summed E-state index contributed by atoms with van der Waals surface area (Å²) in [4.78, 5) is 30.8. The van der Waals surface area contributed by atoms with Gasteiger partial charge in [0.2, 0.25) is 0 Å². The first kappa shape index (κ1) is 21.6. The van der Waals surface area contributed by atoms with Crippen LogP contribution in [0.1, 0.15) is 42.5 Å². The van der Waals surface area contributed by atoms with Gasteiger partial charge in [-0.3, -0.25) is 9.59 Å². The van der Waals surface area contributed by atoms with Crippen molar-refractivity contribution in [1.82, 2.24) is 9.88 Å². The Kier molecular flexibility index (Phi) is 6.00. The smallest absolute Gasteiger partial charge is 0.383 e. The van der Waals surface area contributed by atoms with Gasteiger partial charge in [0.25, 0.3) is 0 Å². The van der Waals surface area contributed by atoms with Crippen LogP contribution in [0.15, 0.2) is 36.5 Å². The third-order valence-corrected chi connectivity index (χ3v) is 5.25.